The van der Waals surface area contributed by atoms with Crippen molar-refractivity contribution in [1.29, 1.82) is 5.41 Å². The van der Waals surface area contributed by atoms with Gasteiger partial charge in [0.05, 0.1) is 0 Å². The second-order valence-corrected chi connectivity index (χ2v) is 4.75. The van der Waals surface area contributed by atoms with Gasteiger partial charge >= 0.3 is 0 Å². The lowest BCUT2D eigenvalue weighted by atomic mass is 9.98. The van der Waals surface area contributed by atoms with Crippen LogP contribution in [0.3, 0.4) is 0 Å². The maximum absolute atomic E-state index is 8.37. The molecular formula is C16H21N3. The largest absolute Gasteiger partial charge is 0.343 e. The summed E-state index contributed by atoms with van der Waals surface area (Å²) >= 11 is 0. The molecule has 0 saturated heterocycles. The van der Waals surface area contributed by atoms with Crippen LogP contribution in [0.2, 0.25) is 0 Å². The highest BCUT2D eigenvalue weighted by molar-refractivity contribution is 5.84. The van der Waals surface area contributed by atoms with Gasteiger partial charge in [-0.3, -0.25) is 10.7 Å². The van der Waals surface area contributed by atoms with Crippen LogP contribution in [0, 0.1) is 11.3 Å². The van der Waals surface area contributed by atoms with Gasteiger partial charge in [-0.25, -0.2) is 0 Å². The Labute approximate surface area is 115 Å². The van der Waals surface area contributed by atoms with Crippen LogP contribution in [-0.4, -0.2) is 24.8 Å². The van der Waals surface area contributed by atoms with Crippen LogP contribution in [-0.2, 0) is 0 Å². The van der Waals surface area contributed by atoms with Crippen molar-refractivity contribution >= 4 is 5.84 Å². The monoisotopic (exact) mass is 255 g/mol. The van der Waals surface area contributed by atoms with E-state index in [1.165, 1.54) is 5.56 Å². The van der Waals surface area contributed by atoms with Gasteiger partial charge < -0.3 is 4.90 Å². The van der Waals surface area contributed by atoms with Crippen molar-refractivity contribution in [2.75, 3.05) is 14.1 Å². The predicted octanol–water partition coefficient (Wildman–Crippen LogP) is 2.95. The van der Waals surface area contributed by atoms with Gasteiger partial charge in [-0.2, -0.15) is 0 Å². The summed E-state index contributed by atoms with van der Waals surface area (Å²) in [6.45, 7) is 0. The molecule has 0 heterocycles. The summed E-state index contributed by atoms with van der Waals surface area (Å²) in [5.41, 5.74) is 1.17. The highest BCUT2D eigenvalue weighted by Gasteiger charge is 2.22. The van der Waals surface area contributed by atoms with Crippen LogP contribution in [0.1, 0.15) is 18.2 Å². The number of nitrogens with one attached hydrogen (secondary N) is 2. The predicted molar refractivity (Wildman–Crippen MR) is 80.1 cm³/mol. The highest BCUT2D eigenvalue weighted by Crippen LogP contribution is 2.21. The first-order valence-electron chi connectivity index (χ1n) is 6.61. The number of amidine groups is 1. The van der Waals surface area contributed by atoms with E-state index in [0.29, 0.717) is 5.84 Å². The number of allylic oxidation sites excluding steroid dienone is 3. The second-order valence-electron chi connectivity index (χ2n) is 4.75. The van der Waals surface area contributed by atoms with E-state index in [1.807, 2.05) is 49.3 Å². The molecule has 0 aromatic heterocycles. The van der Waals surface area contributed by atoms with Crippen LogP contribution < -0.4 is 5.32 Å². The summed E-state index contributed by atoms with van der Waals surface area (Å²) in [6.07, 6.45) is 9.21. The Balaban J connectivity index is 2.12. The molecule has 0 bridgehead atoms. The summed E-state index contributed by atoms with van der Waals surface area (Å²) < 4.78 is 0. The standard InChI is InChI=1S/C16H21N3/c1-18-16(14-11-7-4-8-12-14)19(2)15(17)13-9-5-3-6-10-13/h3-9,11-13,16-18H,10H2,1-2H3. The van der Waals surface area contributed by atoms with E-state index in [4.69, 9.17) is 5.41 Å². The first kappa shape index (κ1) is 13.6. The molecule has 1 aliphatic carbocycles. The molecule has 1 aromatic rings. The van der Waals surface area contributed by atoms with Gasteiger partial charge in [0.2, 0.25) is 0 Å². The zero-order chi connectivity index (χ0) is 13.7. The number of hydrogen-bond donors (Lipinski definition) is 2. The molecule has 3 heteroatoms. The number of nitrogens with zero attached hydrogens (tertiary/aromatic N) is 1. The van der Waals surface area contributed by atoms with E-state index in [9.17, 15) is 0 Å². The van der Waals surface area contributed by atoms with Crippen molar-refractivity contribution in [3.8, 4) is 0 Å². The number of hydrogen-bond acceptors (Lipinski definition) is 2. The molecule has 19 heavy (non-hydrogen) atoms. The first-order chi connectivity index (χ1) is 9.24. The second kappa shape index (κ2) is 6.34. The van der Waals surface area contributed by atoms with E-state index in [2.05, 4.69) is 29.6 Å². The van der Waals surface area contributed by atoms with Crippen molar-refractivity contribution in [3.63, 3.8) is 0 Å². The Kier molecular flexibility index (Phi) is 4.53. The van der Waals surface area contributed by atoms with Gasteiger partial charge in [-0.15, -0.1) is 0 Å². The smallest absolute Gasteiger partial charge is 0.106 e. The Bertz CT molecular complexity index is 476. The summed E-state index contributed by atoms with van der Waals surface area (Å²) in [7, 11) is 3.90. The Morgan fingerprint density at radius 3 is 2.63 bits per heavy atom. The van der Waals surface area contributed by atoms with Crippen LogP contribution in [0.4, 0.5) is 0 Å². The van der Waals surface area contributed by atoms with Crippen LogP contribution in [0.25, 0.3) is 0 Å². The van der Waals surface area contributed by atoms with Crippen molar-refractivity contribution in [1.82, 2.24) is 10.2 Å². The molecule has 0 radical (unpaired) electrons. The molecular weight excluding hydrogens is 234 g/mol. The Morgan fingerprint density at radius 2 is 2.05 bits per heavy atom. The summed E-state index contributed by atoms with van der Waals surface area (Å²) in [5.74, 6) is 0.818. The first-order valence-corrected chi connectivity index (χ1v) is 6.61. The maximum Gasteiger partial charge on any atom is 0.106 e. The van der Waals surface area contributed by atoms with Crippen LogP contribution in [0.5, 0.6) is 0 Å². The van der Waals surface area contributed by atoms with Gasteiger partial charge in [0.1, 0.15) is 12.0 Å². The molecule has 2 unspecified atom stereocenters. The number of rotatable bonds is 4. The van der Waals surface area contributed by atoms with Crippen molar-refractivity contribution < 1.29 is 0 Å². The van der Waals surface area contributed by atoms with Crippen molar-refractivity contribution in [2.45, 2.75) is 12.6 Å². The van der Waals surface area contributed by atoms with Crippen LogP contribution >= 0.6 is 0 Å². The quantitative estimate of drug-likeness (QED) is 0.493. The van der Waals surface area contributed by atoms with Gasteiger partial charge in [-0.05, 0) is 19.0 Å². The maximum atomic E-state index is 8.37. The molecule has 1 aromatic carbocycles. The van der Waals surface area contributed by atoms with E-state index < -0.39 is 0 Å². The molecule has 0 fully saturated rings. The minimum Gasteiger partial charge on any atom is -0.343 e. The molecule has 2 rings (SSSR count). The normalized spacial score (nSPS) is 19.2. The highest BCUT2D eigenvalue weighted by atomic mass is 15.3. The van der Waals surface area contributed by atoms with E-state index in [1.54, 1.807) is 0 Å². The summed E-state index contributed by atoms with van der Waals surface area (Å²) in [4.78, 5) is 2.00. The Hall–Kier alpha value is -1.87. The fourth-order valence-corrected chi connectivity index (χ4v) is 2.40. The molecule has 2 atom stereocenters. The van der Waals surface area contributed by atoms with Gasteiger partial charge in [0.15, 0.2) is 0 Å². The third kappa shape index (κ3) is 3.12. The molecule has 100 valence electrons. The average Bonchev–Trinajstić information content (AvgIpc) is 2.49. The lowest BCUT2D eigenvalue weighted by molar-refractivity contribution is 0.317. The van der Waals surface area contributed by atoms with Gasteiger partial charge in [0, 0.05) is 13.0 Å². The topological polar surface area (TPSA) is 39.1 Å². The van der Waals surface area contributed by atoms with Crippen LogP contribution in [0.15, 0.2) is 54.6 Å². The minimum atomic E-state index is 0.0352. The zero-order valence-corrected chi connectivity index (χ0v) is 11.5. The number of benzene rings is 1. The summed E-state index contributed by atoms with van der Waals surface area (Å²) in [6, 6.07) is 10.2. The summed E-state index contributed by atoms with van der Waals surface area (Å²) in [5, 5.41) is 11.7. The molecule has 0 aliphatic heterocycles. The van der Waals surface area contributed by atoms with E-state index in [-0.39, 0.29) is 12.1 Å². The molecule has 0 amide bonds. The fourth-order valence-electron chi connectivity index (χ4n) is 2.40. The zero-order valence-electron chi connectivity index (χ0n) is 11.5. The third-order valence-electron chi connectivity index (χ3n) is 3.49. The van der Waals surface area contributed by atoms with E-state index >= 15 is 0 Å². The van der Waals surface area contributed by atoms with Crippen molar-refractivity contribution in [2.24, 2.45) is 5.92 Å². The lowest BCUT2D eigenvalue weighted by Gasteiger charge is -2.33. The molecule has 1 aliphatic rings. The average molecular weight is 255 g/mol. The molecule has 0 spiro atoms. The minimum absolute atomic E-state index is 0.0352. The van der Waals surface area contributed by atoms with E-state index in [0.717, 1.165) is 6.42 Å². The van der Waals surface area contributed by atoms with Gasteiger partial charge in [0.25, 0.3) is 0 Å². The van der Waals surface area contributed by atoms with Crippen molar-refractivity contribution in [3.05, 3.63) is 60.2 Å². The van der Waals surface area contributed by atoms with Gasteiger partial charge in [-0.1, -0.05) is 54.6 Å². The third-order valence-corrected chi connectivity index (χ3v) is 3.49. The SMILES string of the molecule is CNC(c1ccccc1)N(C)C(=N)C1C=CC=CC1. The molecule has 2 N–H and O–H groups in total. The lowest BCUT2D eigenvalue weighted by Crippen LogP contribution is -2.40. The fraction of sp³-hybridized carbons (Fsp3) is 0.312. The Morgan fingerprint density at radius 1 is 1.32 bits per heavy atom. The molecule has 0 saturated carbocycles. The molecule has 3 nitrogen and oxygen atoms in total.